The normalized spacial score (nSPS) is 30.6. The van der Waals surface area contributed by atoms with Crippen LogP contribution in [0.5, 0.6) is 0 Å². The molecule has 1 saturated carbocycles. The van der Waals surface area contributed by atoms with E-state index in [2.05, 4.69) is 10.6 Å². The maximum absolute atomic E-state index is 12.6. The van der Waals surface area contributed by atoms with Crippen molar-refractivity contribution in [1.82, 2.24) is 15.5 Å². The summed E-state index contributed by atoms with van der Waals surface area (Å²) in [5.41, 5.74) is 0. The Morgan fingerprint density at radius 3 is 2.67 bits per heavy atom. The van der Waals surface area contributed by atoms with Gasteiger partial charge in [0.1, 0.15) is 6.04 Å². The molecule has 2 heterocycles. The van der Waals surface area contributed by atoms with Crippen LogP contribution in [0.4, 0.5) is 0 Å². The molecular formula is C15H25N3O2S. The number of piperidine rings is 1. The fourth-order valence-electron chi connectivity index (χ4n) is 3.56. The van der Waals surface area contributed by atoms with Crippen molar-refractivity contribution < 1.29 is 9.59 Å². The zero-order valence-corrected chi connectivity index (χ0v) is 13.3. The summed E-state index contributed by atoms with van der Waals surface area (Å²) in [7, 11) is 0. The summed E-state index contributed by atoms with van der Waals surface area (Å²) >= 11 is 1.70. The number of hydrogen-bond acceptors (Lipinski definition) is 4. The third kappa shape index (κ3) is 3.54. The molecule has 2 aliphatic heterocycles. The highest BCUT2D eigenvalue weighted by Crippen LogP contribution is 2.30. The van der Waals surface area contributed by atoms with E-state index in [0.29, 0.717) is 5.88 Å². The van der Waals surface area contributed by atoms with Crippen LogP contribution < -0.4 is 10.6 Å². The van der Waals surface area contributed by atoms with E-state index < -0.39 is 0 Å². The largest absolute Gasteiger partial charge is 0.350 e. The van der Waals surface area contributed by atoms with Gasteiger partial charge in [-0.05, 0) is 32.2 Å². The lowest BCUT2D eigenvalue weighted by Crippen LogP contribution is -2.53. The van der Waals surface area contributed by atoms with Gasteiger partial charge in [0.25, 0.3) is 0 Å². The van der Waals surface area contributed by atoms with Crippen molar-refractivity contribution in [2.75, 3.05) is 24.7 Å². The molecule has 21 heavy (non-hydrogen) atoms. The summed E-state index contributed by atoms with van der Waals surface area (Å²) < 4.78 is 0. The molecule has 3 aliphatic rings. The molecule has 2 amide bonds. The third-order valence-electron chi connectivity index (χ3n) is 4.82. The van der Waals surface area contributed by atoms with E-state index >= 15 is 0 Å². The van der Waals surface area contributed by atoms with E-state index in [-0.39, 0.29) is 29.8 Å². The predicted octanol–water partition coefficient (Wildman–Crippen LogP) is 0.946. The minimum atomic E-state index is -0.259. The minimum Gasteiger partial charge on any atom is -0.350 e. The van der Waals surface area contributed by atoms with Gasteiger partial charge in [0, 0.05) is 24.3 Å². The number of nitrogens with one attached hydrogen (secondary N) is 2. The van der Waals surface area contributed by atoms with Crippen LogP contribution in [-0.2, 0) is 9.59 Å². The molecule has 2 N–H and O–H groups in total. The zero-order chi connectivity index (χ0) is 14.7. The van der Waals surface area contributed by atoms with Gasteiger partial charge in [-0.1, -0.05) is 12.8 Å². The van der Waals surface area contributed by atoms with Crippen molar-refractivity contribution in [2.45, 2.75) is 50.6 Å². The molecular weight excluding hydrogens is 286 g/mol. The highest BCUT2D eigenvalue weighted by molar-refractivity contribution is 7.99. The van der Waals surface area contributed by atoms with Gasteiger partial charge in [-0.25, -0.2) is 0 Å². The highest BCUT2D eigenvalue weighted by Gasteiger charge is 2.38. The van der Waals surface area contributed by atoms with Crippen molar-refractivity contribution in [3.63, 3.8) is 0 Å². The molecule has 0 bridgehead atoms. The summed E-state index contributed by atoms with van der Waals surface area (Å²) in [6, 6.07) is -0.0368. The van der Waals surface area contributed by atoms with Gasteiger partial charge in [0.2, 0.25) is 11.8 Å². The molecule has 118 valence electrons. The van der Waals surface area contributed by atoms with Crippen LogP contribution in [0.1, 0.15) is 38.5 Å². The lowest BCUT2D eigenvalue weighted by molar-refractivity contribution is -0.141. The van der Waals surface area contributed by atoms with Crippen LogP contribution in [-0.4, -0.2) is 53.5 Å². The van der Waals surface area contributed by atoms with Gasteiger partial charge < -0.3 is 15.5 Å². The molecule has 1 aliphatic carbocycles. The van der Waals surface area contributed by atoms with Crippen LogP contribution >= 0.6 is 11.8 Å². The Labute approximate surface area is 130 Å². The molecule has 0 aromatic rings. The Morgan fingerprint density at radius 1 is 1.14 bits per heavy atom. The molecule has 2 saturated heterocycles. The predicted molar refractivity (Wildman–Crippen MR) is 84.0 cm³/mol. The SMILES string of the molecule is O=C(NC1CCCNC1)C1CSCN1C(=O)C1CCCC1. The molecule has 0 aromatic heterocycles. The van der Waals surface area contributed by atoms with Crippen molar-refractivity contribution in [2.24, 2.45) is 5.92 Å². The molecule has 0 radical (unpaired) electrons. The molecule has 2 unspecified atom stereocenters. The number of rotatable bonds is 3. The standard InChI is InChI=1S/C15H25N3O2S/c19-14(17-12-6-3-7-16-8-12)13-9-21-10-18(13)15(20)11-4-1-2-5-11/h11-13,16H,1-10H2,(H,17,19). The number of thioether (sulfide) groups is 1. The van der Waals surface area contributed by atoms with E-state index in [9.17, 15) is 9.59 Å². The average molecular weight is 311 g/mol. The van der Waals surface area contributed by atoms with E-state index in [1.165, 1.54) is 0 Å². The molecule has 3 fully saturated rings. The van der Waals surface area contributed by atoms with Gasteiger partial charge in [0.05, 0.1) is 5.88 Å². The monoisotopic (exact) mass is 311 g/mol. The lowest BCUT2D eigenvalue weighted by Gasteiger charge is -2.29. The van der Waals surface area contributed by atoms with Crippen LogP contribution in [0.25, 0.3) is 0 Å². The second-order valence-corrected chi connectivity index (χ2v) is 7.36. The molecule has 5 nitrogen and oxygen atoms in total. The quantitative estimate of drug-likeness (QED) is 0.814. The molecule has 2 atom stereocenters. The van der Waals surface area contributed by atoms with E-state index in [4.69, 9.17) is 0 Å². The number of carbonyl (C=O) groups is 2. The Balaban J connectivity index is 1.57. The Hall–Kier alpha value is -0.750. The van der Waals surface area contributed by atoms with Crippen molar-refractivity contribution in [1.29, 1.82) is 0 Å². The number of carbonyl (C=O) groups excluding carboxylic acids is 2. The Bertz CT molecular complexity index is 392. The Morgan fingerprint density at radius 2 is 1.95 bits per heavy atom. The molecule has 0 aromatic carbocycles. The number of nitrogens with zero attached hydrogens (tertiary/aromatic N) is 1. The minimum absolute atomic E-state index is 0.0417. The zero-order valence-electron chi connectivity index (χ0n) is 12.5. The fraction of sp³-hybridized carbons (Fsp3) is 0.867. The average Bonchev–Trinajstić information content (AvgIpc) is 3.19. The number of amides is 2. The van der Waals surface area contributed by atoms with Gasteiger partial charge in [0.15, 0.2) is 0 Å². The van der Waals surface area contributed by atoms with E-state index in [1.54, 1.807) is 11.8 Å². The van der Waals surface area contributed by atoms with Crippen molar-refractivity contribution >= 4 is 23.6 Å². The second kappa shape index (κ2) is 7.01. The fourth-order valence-corrected chi connectivity index (χ4v) is 4.72. The first-order valence-electron chi connectivity index (χ1n) is 8.15. The summed E-state index contributed by atoms with van der Waals surface area (Å²) in [5.74, 6) is 1.83. The van der Waals surface area contributed by atoms with Gasteiger partial charge in [-0.15, -0.1) is 11.8 Å². The maximum atomic E-state index is 12.6. The topological polar surface area (TPSA) is 61.4 Å². The first kappa shape index (κ1) is 15.2. The van der Waals surface area contributed by atoms with Crippen LogP contribution in [0.3, 0.4) is 0 Å². The molecule has 3 rings (SSSR count). The van der Waals surface area contributed by atoms with Gasteiger partial charge >= 0.3 is 0 Å². The first-order valence-corrected chi connectivity index (χ1v) is 9.30. The van der Waals surface area contributed by atoms with Gasteiger partial charge in [-0.3, -0.25) is 9.59 Å². The summed E-state index contributed by atoms with van der Waals surface area (Å²) in [6.07, 6.45) is 6.45. The van der Waals surface area contributed by atoms with Crippen LogP contribution in [0, 0.1) is 5.92 Å². The summed E-state index contributed by atoms with van der Waals surface area (Å²) in [5, 5.41) is 6.44. The lowest BCUT2D eigenvalue weighted by atomic mass is 10.0. The summed E-state index contributed by atoms with van der Waals surface area (Å²) in [4.78, 5) is 26.9. The van der Waals surface area contributed by atoms with E-state index in [1.807, 2.05) is 4.90 Å². The highest BCUT2D eigenvalue weighted by atomic mass is 32.2. The molecule has 6 heteroatoms. The van der Waals surface area contributed by atoms with Gasteiger partial charge in [-0.2, -0.15) is 0 Å². The summed E-state index contributed by atoms with van der Waals surface area (Å²) in [6.45, 7) is 1.89. The third-order valence-corrected chi connectivity index (χ3v) is 5.83. The van der Waals surface area contributed by atoms with Crippen LogP contribution in [0.15, 0.2) is 0 Å². The van der Waals surface area contributed by atoms with E-state index in [0.717, 1.165) is 57.4 Å². The second-order valence-electron chi connectivity index (χ2n) is 6.36. The van der Waals surface area contributed by atoms with Crippen molar-refractivity contribution in [3.8, 4) is 0 Å². The smallest absolute Gasteiger partial charge is 0.243 e. The number of hydrogen-bond donors (Lipinski definition) is 2. The first-order chi connectivity index (χ1) is 10.3. The van der Waals surface area contributed by atoms with Crippen molar-refractivity contribution in [3.05, 3.63) is 0 Å². The Kier molecular flexibility index (Phi) is 5.06. The molecule has 0 spiro atoms. The maximum Gasteiger partial charge on any atom is 0.243 e. The van der Waals surface area contributed by atoms with Crippen LogP contribution in [0.2, 0.25) is 0 Å².